The summed E-state index contributed by atoms with van der Waals surface area (Å²) in [6.07, 6.45) is 0. The first-order valence-electron chi connectivity index (χ1n) is 7.58. The fourth-order valence-electron chi connectivity index (χ4n) is 2.29. The Bertz CT molecular complexity index is 1030. The van der Waals surface area contributed by atoms with Gasteiger partial charge in [-0.3, -0.25) is 9.52 Å². The van der Waals surface area contributed by atoms with Crippen LogP contribution in [0.5, 0.6) is 0 Å². The van der Waals surface area contributed by atoms with E-state index >= 15 is 0 Å². The highest BCUT2D eigenvalue weighted by Crippen LogP contribution is 2.24. The van der Waals surface area contributed by atoms with E-state index in [1.807, 2.05) is 0 Å². The lowest BCUT2D eigenvalue weighted by Crippen LogP contribution is -2.16. The molecule has 0 unspecified atom stereocenters. The van der Waals surface area contributed by atoms with Crippen molar-refractivity contribution in [3.63, 3.8) is 0 Å². The molecule has 2 aromatic carbocycles. The lowest BCUT2D eigenvalue weighted by molar-refractivity contribution is 0.102. The van der Waals surface area contributed by atoms with E-state index in [2.05, 4.69) is 10.0 Å². The van der Waals surface area contributed by atoms with Crippen molar-refractivity contribution < 1.29 is 13.2 Å². The first-order valence-corrected chi connectivity index (χ1v) is 10.4. The van der Waals surface area contributed by atoms with Gasteiger partial charge in [0.2, 0.25) is 0 Å². The molecule has 1 aromatic heterocycles. The largest absolute Gasteiger partial charge is 0.322 e. The van der Waals surface area contributed by atoms with Crippen LogP contribution in [0.2, 0.25) is 5.02 Å². The van der Waals surface area contributed by atoms with E-state index in [1.165, 1.54) is 17.4 Å². The minimum Gasteiger partial charge on any atom is -0.322 e. The second-order valence-corrected chi connectivity index (χ2v) is 8.43. The zero-order chi connectivity index (χ0) is 18.7. The van der Waals surface area contributed by atoms with Crippen molar-refractivity contribution in [2.45, 2.75) is 11.8 Å². The smallest absolute Gasteiger partial charge is 0.262 e. The van der Waals surface area contributed by atoms with E-state index in [1.54, 1.807) is 60.1 Å². The zero-order valence-corrected chi connectivity index (χ0v) is 16.1. The molecule has 134 valence electrons. The lowest BCUT2D eigenvalue weighted by atomic mass is 10.2. The number of aryl methyl sites for hydroxylation is 1. The van der Waals surface area contributed by atoms with Crippen LogP contribution in [0.3, 0.4) is 0 Å². The van der Waals surface area contributed by atoms with Crippen molar-refractivity contribution in [3.8, 4) is 0 Å². The van der Waals surface area contributed by atoms with Gasteiger partial charge in [0.1, 0.15) is 0 Å². The highest BCUT2D eigenvalue weighted by Gasteiger charge is 2.18. The van der Waals surface area contributed by atoms with Crippen LogP contribution in [0.4, 0.5) is 11.4 Å². The Morgan fingerprint density at radius 1 is 1.04 bits per heavy atom. The zero-order valence-electron chi connectivity index (χ0n) is 13.7. The number of carbonyl (C=O) groups excluding carboxylic acids is 1. The summed E-state index contributed by atoms with van der Waals surface area (Å²) in [4.78, 5) is 12.3. The van der Waals surface area contributed by atoms with Crippen molar-refractivity contribution in [3.05, 3.63) is 75.4 Å². The summed E-state index contributed by atoms with van der Waals surface area (Å²) in [7, 11) is -3.81. The molecular weight excluding hydrogens is 392 g/mol. The number of hydrogen-bond donors (Lipinski definition) is 2. The summed E-state index contributed by atoms with van der Waals surface area (Å²) in [5, 5.41) is 6.76. The van der Waals surface area contributed by atoms with Gasteiger partial charge in [0.05, 0.1) is 10.5 Å². The van der Waals surface area contributed by atoms with Crippen LogP contribution in [0, 0.1) is 6.92 Å². The van der Waals surface area contributed by atoms with Gasteiger partial charge >= 0.3 is 0 Å². The van der Waals surface area contributed by atoms with Crippen LogP contribution in [0.25, 0.3) is 0 Å². The third-order valence-electron chi connectivity index (χ3n) is 3.62. The van der Waals surface area contributed by atoms with Crippen LogP contribution < -0.4 is 10.0 Å². The minimum atomic E-state index is -3.81. The van der Waals surface area contributed by atoms with Gasteiger partial charge in [-0.2, -0.15) is 11.3 Å². The minimum absolute atomic E-state index is 0.0931. The van der Waals surface area contributed by atoms with Crippen molar-refractivity contribution in [2.75, 3.05) is 10.0 Å². The van der Waals surface area contributed by atoms with Crippen molar-refractivity contribution >= 4 is 50.2 Å². The molecule has 0 bridgehead atoms. The SMILES string of the molecule is Cc1ccc(NC(=O)c2ccsc2)cc1S(=O)(=O)Nc1ccc(Cl)cc1. The summed E-state index contributed by atoms with van der Waals surface area (Å²) in [5.41, 5.74) is 1.91. The Kier molecular flexibility index (Phi) is 5.31. The van der Waals surface area contributed by atoms with Crippen LogP contribution in [0.15, 0.2) is 64.2 Å². The van der Waals surface area contributed by atoms with E-state index in [4.69, 9.17) is 11.6 Å². The van der Waals surface area contributed by atoms with Gasteiger partial charge in [-0.05, 0) is 60.3 Å². The van der Waals surface area contributed by atoms with E-state index in [-0.39, 0.29) is 10.8 Å². The van der Waals surface area contributed by atoms with Crippen molar-refractivity contribution in [2.24, 2.45) is 0 Å². The van der Waals surface area contributed by atoms with E-state index in [0.717, 1.165) is 0 Å². The number of thiophene rings is 1. The quantitative estimate of drug-likeness (QED) is 0.641. The molecule has 8 heteroatoms. The lowest BCUT2D eigenvalue weighted by Gasteiger charge is -2.12. The number of halogens is 1. The number of amides is 1. The summed E-state index contributed by atoms with van der Waals surface area (Å²) >= 11 is 7.23. The molecule has 0 saturated carbocycles. The molecule has 1 amide bonds. The maximum Gasteiger partial charge on any atom is 0.262 e. The predicted molar refractivity (Wildman–Crippen MR) is 106 cm³/mol. The van der Waals surface area contributed by atoms with Crippen LogP contribution in [-0.4, -0.2) is 14.3 Å². The van der Waals surface area contributed by atoms with Gasteiger partial charge in [-0.15, -0.1) is 0 Å². The Labute approximate surface area is 160 Å². The number of anilines is 2. The fraction of sp³-hybridized carbons (Fsp3) is 0.0556. The number of nitrogens with one attached hydrogen (secondary N) is 2. The Balaban J connectivity index is 1.86. The monoisotopic (exact) mass is 406 g/mol. The van der Waals surface area contributed by atoms with Gasteiger partial charge in [0, 0.05) is 21.8 Å². The van der Waals surface area contributed by atoms with Gasteiger partial charge in [-0.25, -0.2) is 8.42 Å². The van der Waals surface area contributed by atoms with Gasteiger partial charge in [0.15, 0.2) is 0 Å². The third kappa shape index (κ3) is 4.24. The predicted octanol–water partition coefficient (Wildman–Crippen LogP) is 4.76. The molecule has 0 radical (unpaired) electrons. The summed E-state index contributed by atoms with van der Waals surface area (Å²) < 4.78 is 28.0. The first kappa shape index (κ1) is 18.4. The average molecular weight is 407 g/mol. The molecule has 0 aliphatic carbocycles. The molecule has 3 rings (SSSR count). The number of benzene rings is 2. The normalized spacial score (nSPS) is 11.2. The number of rotatable bonds is 5. The maximum absolute atomic E-state index is 12.7. The van der Waals surface area contributed by atoms with E-state index in [0.29, 0.717) is 27.5 Å². The van der Waals surface area contributed by atoms with Crippen LogP contribution in [0.1, 0.15) is 15.9 Å². The van der Waals surface area contributed by atoms with E-state index < -0.39 is 10.0 Å². The summed E-state index contributed by atoms with van der Waals surface area (Å²) in [6.45, 7) is 1.70. The molecule has 0 atom stereocenters. The Morgan fingerprint density at radius 2 is 1.73 bits per heavy atom. The Hall–Kier alpha value is -2.35. The summed E-state index contributed by atoms with van der Waals surface area (Å²) in [5.74, 6) is -0.288. The second-order valence-electron chi connectivity index (χ2n) is 5.56. The molecule has 0 aliphatic rings. The third-order valence-corrected chi connectivity index (χ3v) is 6.07. The van der Waals surface area contributed by atoms with E-state index in [9.17, 15) is 13.2 Å². The standard InChI is InChI=1S/C18H15ClN2O3S2/c1-12-2-5-16(20-18(22)13-8-9-25-11-13)10-17(12)26(23,24)21-15-6-3-14(19)4-7-15/h2-11,21H,1H3,(H,20,22). The molecule has 0 saturated heterocycles. The topological polar surface area (TPSA) is 75.3 Å². The number of carbonyl (C=O) groups is 1. The number of sulfonamides is 1. The van der Waals surface area contributed by atoms with Gasteiger partial charge < -0.3 is 5.32 Å². The maximum atomic E-state index is 12.7. The van der Waals surface area contributed by atoms with Gasteiger partial charge in [0.25, 0.3) is 15.9 Å². The first-order chi connectivity index (χ1) is 12.3. The molecule has 1 heterocycles. The van der Waals surface area contributed by atoms with Crippen LogP contribution >= 0.6 is 22.9 Å². The molecule has 5 nitrogen and oxygen atoms in total. The molecule has 3 aromatic rings. The van der Waals surface area contributed by atoms with Gasteiger partial charge in [-0.1, -0.05) is 17.7 Å². The molecule has 0 fully saturated rings. The molecule has 0 aliphatic heterocycles. The van der Waals surface area contributed by atoms with Crippen molar-refractivity contribution in [1.29, 1.82) is 0 Å². The van der Waals surface area contributed by atoms with Crippen LogP contribution in [-0.2, 0) is 10.0 Å². The number of hydrogen-bond acceptors (Lipinski definition) is 4. The molecule has 2 N–H and O–H groups in total. The molecule has 26 heavy (non-hydrogen) atoms. The highest BCUT2D eigenvalue weighted by molar-refractivity contribution is 7.92. The molecule has 0 spiro atoms. The second kappa shape index (κ2) is 7.49. The van der Waals surface area contributed by atoms with Crippen molar-refractivity contribution in [1.82, 2.24) is 0 Å². The highest BCUT2D eigenvalue weighted by atomic mass is 35.5. The fourth-order valence-corrected chi connectivity index (χ4v) is 4.38. The summed E-state index contributed by atoms with van der Waals surface area (Å²) in [6, 6.07) is 12.8. The molecular formula is C18H15ClN2O3S2. The Morgan fingerprint density at radius 3 is 2.38 bits per heavy atom. The average Bonchev–Trinajstić information content (AvgIpc) is 3.13.